The van der Waals surface area contributed by atoms with Crippen molar-refractivity contribution in [2.75, 3.05) is 5.43 Å². The smallest absolute Gasteiger partial charge is 0.422 e. The summed E-state index contributed by atoms with van der Waals surface area (Å²) < 4.78 is 91.2. The zero-order chi connectivity index (χ0) is 18.1. The maximum Gasteiger partial charge on any atom is 0.422 e. The Labute approximate surface area is 130 Å². The molecule has 0 aliphatic heterocycles. The van der Waals surface area contributed by atoms with Crippen LogP contribution in [0, 0.1) is 23.3 Å². The molecule has 0 unspecified atom stereocenters. The molecule has 24 heavy (non-hydrogen) atoms. The van der Waals surface area contributed by atoms with Gasteiger partial charge in [-0.2, -0.15) is 18.3 Å². The minimum absolute atomic E-state index is 0.0821. The van der Waals surface area contributed by atoms with Crippen LogP contribution in [0.15, 0.2) is 29.4 Å². The van der Waals surface area contributed by atoms with Crippen LogP contribution in [-0.4, -0.2) is 11.3 Å². The fraction of sp³-hybridized carbons (Fsp3) is 0.0714. The van der Waals surface area contributed by atoms with Crippen molar-refractivity contribution in [3.8, 4) is 5.75 Å². The number of benzene rings is 2. The molecule has 0 aliphatic carbocycles. The average Bonchev–Trinajstić information content (AvgIpc) is 2.49. The number of hydrazone groups is 1. The topological polar surface area (TPSA) is 44.6 Å². The van der Waals surface area contributed by atoms with Crippen LogP contribution in [0.3, 0.4) is 0 Å². The predicted molar refractivity (Wildman–Crippen MR) is 70.6 cm³/mol. The van der Waals surface area contributed by atoms with Crippen molar-refractivity contribution >= 4 is 11.9 Å². The van der Waals surface area contributed by atoms with Gasteiger partial charge in [0.2, 0.25) is 0 Å². The first-order chi connectivity index (χ1) is 11.1. The minimum atomic E-state index is -5.62. The van der Waals surface area contributed by atoms with Crippen molar-refractivity contribution < 1.29 is 35.8 Å². The van der Waals surface area contributed by atoms with E-state index in [1.165, 1.54) is 24.3 Å². The van der Waals surface area contributed by atoms with Gasteiger partial charge in [0, 0.05) is 5.56 Å². The fourth-order valence-electron chi connectivity index (χ4n) is 1.74. The lowest BCUT2D eigenvalue weighted by Crippen LogP contribution is -2.16. The van der Waals surface area contributed by atoms with E-state index in [2.05, 4.69) is 5.10 Å². The van der Waals surface area contributed by atoms with E-state index in [9.17, 15) is 35.8 Å². The van der Waals surface area contributed by atoms with E-state index >= 15 is 0 Å². The third-order valence-corrected chi connectivity index (χ3v) is 2.86. The number of hydrogen-bond donors (Lipinski definition) is 2. The van der Waals surface area contributed by atoms with Gasteiger partial charge in [-0.15, -0.1) is 0 Å². The van der Waals surface area contributed by atoms with E-state index in [1.54, 1.807) is 5.43 Å². The number of alkyl halides is 3. The lowest BCUT2D eigenvalue weighted by Gasteiger charge is -2.13. The summed E-state index contributed by atoms with van der Waals surface area (Å²) in [4.78, 5) is 0. The highest BCUT2D eigenvalue weighted by molar-refractivity contribution is 5.83. The lowest BCUT2D eigenvalue weighted by atomic mass is 10.1. The molecule has 0 spiro atoms. The SMILES string of the molecule is Oc1ccccc1C=NNc1c(F)c(F)c(C(F)(F)F)c(F)c1F. The van der Waals surface area contributed by atoms with Crippen LogP contribution in [0.2, 0.25) is 0 Å². The monoisotopic (exact) mass is 352 g/mol. The number of nitrogens with zero attached hydrogens (tertiary/aromatic N) is 1. The largest absolute Gasteiger partial charge is 0.507 e. The van der Waals surface area contributed by atoms with Crippen LogP contribution in [0.5, 0.6) is 5.75 Å². The molecule has 0 aliphatic rings. The third kappa shape index (κ3) is 3.26. The molecule has 0 heterocycles. The second kappa shape index (κ2) is 6.38. The van der Waals surface area contributed by atoms with Gasteiger partial charge in [0.05, 0.1) is 6.21 Å². The summed E-state index contributed by atoms with van der Waals surface area (Å²) in [7, 11) is 0. The molecule has 2 rings (SSSR count). The molecule has 10 heteroatoms. The molecular weight excluding hydrogens is 345 g/mol. The van der Waals surface area contributed by atoms with Crippen molar-refractivity contribution in [2.45, 2.75) is 6.18 Å². The lowest BCUT2D eigenvalue weighted by molar-refractivity contribution is -0.143. The van der Waals surface area contributed by atoms with Crippen molar-refractivity contribution in [3.63, 3.8) is 0 Å². The summed E-state index contributed by atoms with van der Waals surface area (Å²) in [6.45, 7) is 0. The molecule has 0 fully saturated rings. The van der Waals surface area contributed by atoms with E-state index in [-0.39, 0.29) is 11.3 Å². The first kappa shape index (κ1) is 17.6. The Morgan fingerprint density at radius 2 is 1.46 bits per heavy atom. The molecule has 3 nitrogen and oxygen atoms in total. The summed E-state index contributed by atoms with van der Waals surface area (Å²) in [5, 5.41) is 12.7. The Balaban J connectivity index is 2.41. The first-order valence-corrected chi connectivity index (χ1v) is 6.14. The van der Waals surface area contributed by atoms with Crippen LogP contribution in [0.25, 0.3) is 0 Å². The molecule has 0 bridgehead atoms. The number of para-hydroxylation sites is 1. The maximum absolute atomic E-state index is 13.6. The number of phenolic OH excluding ortho intramolecular Hbond substituents is 1. The third-order valence-electron chi connectivity index (χ3n) is 2.86. The fourth-order valence-corrected chi connectivity index (χ4v) is 1.74. The molecule has 2 aromatic rings. The van der Waals surface area contributed by atoms with Crippen LogP contribution < -0.4 is 5.43 Å². The normalized spacial score (nSPS) is 12.0. The van der Waals surface area contributed by atoms with E-state index in [0.29, 0.717) is 0 Å². The zero-order valence-corrected chi connectivity index (χ0v) is 11.4. The second-order valence-electron chi connectivity index (χ2n) is 4.43. The highest BCUT2D eigenvalue weighted by Crippen LogP contribution is 2.38. The standard InChI is InChI=1S/C14H7F7N2O/c15-9-8(14(19,20)21)10(16)12(18)13(11(9)17)23-22-5-6-3-1-2-4-7(6)24/h1-5,23-24H. The highest BCUT2D eigenvalue weighted by Gasteiger charge is 2.42. The van der Waals surface area contributed by atoms with Crippen molar-refractivity contribution in [1.29, 1.82) is 0 Å². The van der Waals surface area contributed by atoms with Gasteiger partial charge in [-0.1, -0.05) is 12.1 Å². The van der Waals surface area contributed by atoms with E-state index < -0.39 is 40.7 Å². The number of halogens is 7. The Morgan fingerprint density at radius 1 is 0.917 bits per heavy atom. The van der Waals surface area contributed by atoms with E-state index in [4.69, 9.17) is 0 Å². The van der Waals surface area contributed by atoms with Crippen molar-refractivity contribution in [1.82, 2.24) is 0 Å². The van der Waals surface area contributed by atoms with Crippen LogP contribution in [-0.2, 0) is 6.18 Å². The van der Waals surface area contributed by atoms with Gasteiger partial charge in [-0.05, 0) is 12.1 Å². The second-order valence-corrected chi connectivity index (χ2v) is 4.43. The number of phenols is 1. The molecule has 2 N–H and O–H groups in total. The van der Waals surface area contributed by atoms with E-state index in [1.807, 2.05) is 0 Å². The number of rotatable bonds is 3. The van der Waals surface area contributed by atoms with Crippen molar-refractivity contribution in [2.24, 2.45) is 5.10 Å². The van der Waals surface area contributed by atoms with Crippen LogP contribution in [0.1, 0.15) is 11.1 Å². The molecular formula is C14H7F7N2O. The van der Waals surface area contributed by atoms with Gasteiger partial charge in [0.15, 0.2) is 23.3 Å². The molecule has 0 amide bonds. The zero-order valence-electron chi connectivity index (χ0n) is 11.4. The maximum atomic E-state index is 13.6. The Morgan fingerprint density at radius 3 is 1.96 bits per heavy atom. The predicted octanol–water partition coefficient (Wildman–Crippen LogP) is 4.41. The summed E-state index contributed by atoms with van der Waals surface area (Å²) in [6.07, 6.45) is -4.77. The summed E-state index contributed by atoms with van der Waals surface area (Å²) in [6, 6.07) is 5.57. The number of aromatic hydroxyl groups is 1. The summed E-state index contributed by atoms with van der Waals surface area (Å²) in [5.74, 6) is -10.0. The Hall–Kier alpha value is -2.78. The van der Waals surface area contributed by atoms with Crippen LogP contribution >= 0.6 is 0 Å². The molecule has 0 aromatic heterocycles. The molecule has 0 saturated carbocycles. The van der Waals surface area contributed by atoms with Crippen molar-refractivity contribution in [3.05, 3.63) is 58.7 Å². The molecule has 2 aromatic carbocycles. The Bertz CT molecular complexity index is 773. The molecule has 128 valence electrons. The number of hydrogen-bond acceptors (Lipinski definition) is 3. The minimum Gasteiger partial charge on any atom is -0.507 e. The van der Waals surface area contributed by atoms with Gasteiger partial charge >= 0.3 is 6.18 Å². The van der Waals surface area contributed by atoms with Gasteiger partial charge in [-0.3, -0.25) is 5.43 Å². The number of anilines is 1. The highest BCUT2D eigenvalue weighted by atomic mass is 19.4. The van der Waals surface area contributed by atoms with Gasteiger partial charge in [-0.25, -0.2) is 17.6 Å². The Kier molecular flexibility index (Phi) is 4.67. The molecule has 0 atom stereocenters. The van der Waals surface area contributed by atoms with Gasteiger partial charge < -0.3 is 5.11 Å². The average molecular weight is 352 g/mol. The molecule has 0 radical (unpaired) electrons. The summed E-state index contributed by atoms with van der Waals surface area (Å²) in [5.41, 5.74) is -2.55. The number of nitrogens with one attached hydrogen (secondary N) is 1. The summed E-state index contributed by atoms with van der Waals surface area (Å²) >= 11 is 0. The van der Waals surface area contributed by atoms with Gasteiger partial charge in [0.1, 0.15) is 17.0 Å². The van der Waals surface area contributed by atoms with Gasteiger partial charge in [0.25, 0.3) is 0 Å². The molecule has 0 saturated heterocycles. The quantitative estimate of drug-likeness (QED) is 0.372. The first-order valence-electron chi connectivity index (χ1n) is 6.14. The van der Waals surface area contributed by atoms with Crippen LogP contribution in [0.4, 0.5) is 36.4 Å². The van der Waals surface area contributed by atoms with E-state index in [0.717, 1.165) is 6.21 Å².